The van der Waals surface area contributed by atoms with Gasteiger partial charge in [0.15, 0.2) is 0 Å². The van der Waals surface area contributed by atoms with E-state index in [-0.39, 0.29) is 11.9 Å². The van der Waals surface area contributed by atoms with E-state index in [1.165, 1.54) is 0 Å². The SMILES string of the molecule is CCCN1C(=O)c2[nH]nc(-c3cccc(OC)c3)c2C1c1cc(OC)ccc1OC. The molecule has 1 N–H and O–H groups in total. The number of aromatic amines is 1. The molecule has 1 unspecified atom stereocenters. The van der Waals surface area contributed by atoms with Gasteiger partial charge >= 0.3 is 0 Å². The maximum absolute atomic E-state index is 13.3. The van der Waals surface area contributed by atoms with E-state index >= 15 is 0 Å². The van der Waals surface area contributed by atoms with Crippen molar-refractivity contribution in [2.45, 2.75) is 19.4 Å². The number of rotatable bonds is 7. The lowest BCUT2D eigenvalue weighted by atomic mass is 9.95. The molecule has 1 aliphatic rings. The summed E-state index contributed by atoms with van der Waals surface area (Å²) in [4.78, 5) is 15.1. The molecule has 3 aromatic rings. The number of H-pyrrole nitrogens is 1. The third-order valence-electron chi connectivity index (χ3n) is 5.40. The first kappa shape index (κ1) is 19.8. The van der Waals surface area contributed by atoms with Crippen molar-refractivity contribution >= 4 is 5.91 Å². The standard InChI is InChI=1S/C23H25N3O4/c1-5-11-26-22(17-13-16(29-3)9-10-18(17)30-4)19-20(24-25-21(19)23(26)27)14-7-6-8-15(12-14)28-2/h6-10,12-13,22H,5,11H2,1-4H3,(H,24,25). The van der Waals surface area contributed by atoms with Crippen LogP contribution in [0.25, 0.3) is 11.3 Å². The summed E-state index contributed by atoms with van der Waals surface area (Å²) in [5.74, 6) is 2.06. The monoisotopic (exact) mass is 407 g/mol. The smallest absolute Gasteiger partial charge is 0.273 e. The number of carbonyl (C=O) groups is 1. The van der Waals surface area contributed by atoms with Crippen molar-refractivity contribution in [3.05, 3.63) is 59.3 Å². The summed E-state index contributed by atoms with van der Waals surface area (Å²) in [5.41, 5.74) is 3.82. The number of nitrogens with zero attached hydrogens (tertiary/aromatic N) is 2. The second-order valence-corrected chi connectivity index (χ2v) is 7.10. The zero-order valence-electron chi connectivity index (χ0n) is 17.6. The maximum Gasteiger partial charge on any atom is 0.273 e. The molecule has 1 aliphatic heterocycles. The number of fused-ring (bicyclic) bond motifs is 1. The summed E-state index contributed by atoms with van der Waals surface area (Å²) in [6.07, 6.45) is 0.834. The fourth-order valence-electron chi connectivity index (χ4n) is 4.04. The molecule has 0 saturated carbocycles. The molecule has 156 valence electrons. The molecular weight excluding hydrogens is 382 g/mol. The summed E-state index contributed by atoms with van der Waals surface area (Å²) in [6, 6.07) is 13.0. The number of aromatic nitrogens is 2. The number of nitrogens with one attached hydrogen (secondary N) is 1. The summed E-state index contributed by atoms with van der Waals surface area (Å²) < 4.78 is 16.5. The van der Waals surface area contributed by atoms with Gasteiger partial charge < -0.3 is 19.1 Å². The van der Waals surface area contributed by atoms with Crippen molar-refractivity contribution in [1.82, 2.24) is 15.1 Å². The van der Waals surface area contributed by atoms with Crippen LogP contribution in [0.4, 0.5) is 0 Å². The van der Waals surface area contributed by atoms with E-state index in [0.717, 1.165) is 34.6 Å². The summed E-state index contributed by atoms with van der Waals surface area (Å²) in [7, 11) is 4.89. The minimum absolute atomic E-state index is 0.0663. The van der Waals surface area contributed by atoms with Crippen molar-refractivity contribution in [3.8, 4) is 28.5 Å². The van der Waals surface area contributed by atoms with Crippen LogP contribution in [0, 0.1) is 0 Å². The molecule has 2 aromatic carbocycles. The lowest BCUT2D eigenvalue weighted by Gasteiger charge is -2.27. The van der Waals surface area contributed by atoms with Crippen molar-refractivity contribution in [3.63, 3.8) is 0 Å². The first-order valence-corrected chi connectivity index (χ1v) is 9.88. The molecule has 7 nitrogen and oxygen atoms in total. The zero-order chi connectivity index (χ0) is 21.3. The zero-order valence-corrected chi connectivity index (χ0v) is 17.6. The van der Waals surface area contributed by atoms with Gasteiger partial charge in [-0.25, -0.2) is 0 Å². The molecule has 1 aromatic heterocycles. The summed E-state index contributed by atoms with van der Waals surface area (Å²) >= 11 is 0. The van der Waals surface area contributed by atoms with Crippen LogP contribution in [0.1, 0.15) is 41.0 Å². The van der Waals surface area contributed by atoms with Crippen LogP contribution >= 0.6 is 0 Å². The second-order valence-electron chi connectivity index (χ2n) is 7.10. The first-order valence-electron chi connectivity index (χ1n) is 9.88. The van der Waals surface area contributed by atoms with Crippen LogP contribution in [0.5, 0.6) is 17.2 Å². The van der Waals surface area contributed by atoms with Gasteiger partial charge in [-0.3, -0.25) is 9.89 Å². The molecular formula is C23H25N3O4. The predicted molar refractivity (Wildman–Crippen MR) is 113 cm³/mol. The molecule has 7 heteroatoms. The third-order valence-corrected chi connectivity index (χ3v) is 5.40. The molecule has 0 fully saturated rings. The van der Waals surface area contributed by atoms with Gasteiger partial charge in [0.05, 0.1) is 33.1 Å². The molecule has 2 heterocycles. The Balaban J connectivity index is 1.93. The summed E-state index contributed by atoms with van der Waals surface area (Å²) in [5, 5.41) is 7.47. The highest BCUT2D eigenvalue weighted by Crippen LogP contribution is 2.46. The molecule has 30 heavy (non-hydrogen) atoms. The molecule has 0 bridgehead atoms. The number of hydrogen-bond acceptors (Lipinski definition) is 5. The molecule has 0 spiro atoms. The van der Waals surface area contributed by atoms with E-state index in [0.29, 0.717) is 23.7 Å². The highest BCUT2D eigenvalue weighted by Gasteiger charge is 2.43. The number of ether oxygens (including phenoxy) is 3. The van der Waals surface area contributed by atoms with Gasteiger partial charge in [-0.05, 0) is 36.8 Å². The third kappa shape index (κ3) is 3.16. The molecule has 0 aliphatic carbocycles. The Labute approximate surface area is 175 Å². The van der Waals surface area contributed by atoms with Crippen LogP contribution in [-0.4, -0.2) is 48.9 Å². The Morgan fingerprint density at radius 3 is 2.50 bits per heavy atom. The number of amides is 1. The predicted octanol–water partition coefficient (Wildman–Crippen LogP) is 4.06. The molecule has 1 atom stereocenters. The van der Waals surface area contributed by atoms with Crippen LogP contribution in [0.15, 0.2) is 42.5 Å². The topological polar surface area (TPSA) is 76.7 Å². The Hall–Kier alpha value is -3.48. The number of benzene rings is 2. The van der Waals surface area contributed by atoms with Crippen molar-refractivity contribution in [2.75, 3.05) is 27.9 Å². The average Bonchev–Trinajstić information content (AvgIpc) is 3.33. The van der Waals surface area contributed by atoms with Gasteiger partial charge in [-0.15, -0.1) is 0 Å². The van der Waals surface area contributed by atoms with Crippen LogP contribution < -0.4 is 14.2 Å². The molecule has 0 radical (unpaired) electrons. The van der Waals surface area contributed by atoms with E-state index in [2.05, 4.69) is 17.1 Å². The molecule has 1 amide bonds. The van der Waals surface area contributed by atoms with E-state index in [4.69, 9.17) is 14.2 Å². The van der Waals surface area contributed by atoms with Crippen molar-refractivity contribution in [1.29, 1.82) is 0 Å². The lowest BCUT2D eigenvalue weighted by Crippen LogP contribution is -2.30. The largest absolute Gasteiger partial charge is 0.497 e. The highest BCUT2D eigenvalue weighted by atomic mass is 16.5. The minimum atomic E-state index is -0.336. The number of methoxy groups -OCH3 is 3. The van der Waals surface area contributed by atoms with Gasteiger partial charge in [0.25, 0.3) is 5.91 Å². The molecule has 0 saturated heterocycles. The van der Waals surface area contributed by atoms with Gasteiger partial charge in [0.2, 0.25) is 0 Å². The number of hydrogen-bond donors (Lipinski definition) is 1. The minimum Gasteiger partial charge on any atom is -0.497 e. The Morgan fingerprint density at radius 2 is 1.80 bits per heavy atom. The van der Waals surface area contributed by atoms with Gasteiger partial charge in [0.1, 0.15) is 22.9 Å². The van der Waals surface area contributed by atoms with Crippen LogP contribution in [-0.2, 0) is 0 Å². The highest BCUT2D eigenvalue weighted by molar-refractivity contribution is 6.00. The van der Waals surface area contributed by atoms with E-state index < -0.39 is 0 Å². The Kier molecular flexibility index (Phi) is 5.35. The fourth-order valence-corrected chi connectivity index (χ4v) is 4.04. The van der Waals surface area contributed by atoms with Crippen molar-refractivity contribution < 1.29 is 19.0 Å². The summed E-state index contributed by atoms with van der Waals surface area (Å²) in [6.45, 7) is 2.67. The average molecular weight is 407 g/mol. The fraction of sp³-hybridized carbons (Fsp3) is 0.304. The van der Waals surface area contributed by atoms with Gasteiger partial charge in [-0.1, -0.05) is 19.1 Å². The lowest BCUT2D eigenvalue weighted by molar-refractivity contribution is 0.0742. The normalized spacial score (nSPS) is 15.3. The van der Waals surface area contributed by atoms with E-state index in [1.54, 1.807) is 21.3 Å². The van der Waals surface area contributed by atoms with Crippen LogP contribution in [0.3, 0.4) is 0 Å². The second kappa shape index (κ2) is 8.10. The molecule has 4 rings (SSSR count). The number of carbonyl (C=O) groups excluding carboxylic acids is 1. The maximum atomic E-state index is 13.3. The quantitative estimate of drug-likeness (QED) is 0.639. The van der Waals surface area contributed by atoms with E-state index in [9.17, 15) is 4.79 Å². The van der Waals surface area contributed by atoms with Gasteiger partial charge in [0, 0.05) is 23.2 Å². The van der Waals surface area contributed by atoms with E-state index in [1.807, 2.05) is 47.4 Å². The Bertz CT molecular complexity index is 1080. The Morgan fingerprint density at radius 1 is 1.03 bits per heavy atom. The van der Waals surface area contributed by atoms with Crippen molar-refractivity contribution in [2.24, 2.45) is 0 Å². The van der Waals surface area contributed by atoms with Crippen LogP contribution in [0.2, 0.25) is 0 Å². The first-order chi connectivity index (χ1) is 14.6. The van der Waals surface area contributed by atoms with Gasteiger partial charge in [-0.2, -0.15) is 5.10 Å².